The molecule has 0 amide bonds. The number of nitrogens with zero attached hydrogens (tertiary/aromatic N) is 1. The lowest BCUT2D eigenvalue weighted by Crippen LogP contribution is -2.32. The predicted molar refractivity (Wildman–Crippen MR) is 49.7 cm³/mol. The second-order valence-corrected chi connectivity index (χ2v) is 3.57. The van der Waals surface area contributed by atoms with Gasteiger partial charge < -0.3 is 5.32 Å². The molecule has 0 aromatic rings. The highest BCUT2D eigenvalue weighted by atomic mass is 14.9. The van der Waals surface area contributed by atoms with Gasteiger partial charge in [-0.15, -0.1) is 0 Å². The molecule has 2 unspecified atom stereocenters. The zero-order valence-corrected chi connectivity index (χ0v) is 7.84. The Kier molecular flexibility index (Phi) is 4.10. The van der Waals surface area contributed by atoms with Gasteiger partial charge in [0.05, 0.1) is 6.07 Å². The van der Waals surface area contributed by atoms with E-state index in [4.69, 9.17) is 5.26 Å². The number of rotatable bonds is 4. The van der Waals surface area contributed by atoms with Crippen LogP contribution in [0.5, 0.6) is 0 Å². The van der Waals surface area contributed by atoms with Gasteiger partial charge in [-0.1, -0.05) is 19.8 Å². The number of nitriles is 1. The monoisotopic (exact) mass is 166 g/mol. The molecule has 1 aliphatic carbocycles. The molecule has 68 valence electrons. The van der Waals surface area contributed by atoms with Gasteiger partial charge in [0, 0.05) is 19.0 Å². The molecule has 2 heteroatoms. The minimum absolute atomic E-state index is 0.646. The molecule has 0 aromatic carbocycles. The van der Waals surface area contributed by atoms with E-state index in [1.54, 1.807) is 0 Å². The van der Waals surface area contributed by atoms with E-state index in [0.717, 1.165) is 12.5 Å². The molecule has 1 aliphatic rings. The van der Waals surface area contributed by atoms with Crippen LogP contribution in [-0.2, 0) is 0 Å². The molecular formula is C10H18N2. The fourth-order valence-electron chi connectivity index (χ4n) is 2.11. The molecular weight excluding hydrogens is 148 g/mol. The normalized spacial score (nSPS) is 28.7. The molecule has 0 bridgehead atoms. The smallest absolute Gasteiger partial charge is 0.0635 e. The van der Waals surface area contributed by atoms with Crippen molar-refractivity contribution in [1.82, 2.24) is 5.32 Å². The maximum absolute atomic E-state index is 8.37. The molecule has 0 saturated heterocycles. The largest absolute Gasteiger partial charge is 0.313 e. The highest BCUT2D eigenvalue weighted by Crippen LogP contribution is 2.27. The molecule has 0 spiro atoms. The standard InChI is InChI=1S/C10H18N2/c1-2-9-5-3-6-10(9)12-8-4-7-11/h9-10,12H,2-6,8H2,1H3. The van der Waals surface area contributed by atoms with Gasteiger partial charge in [-0.25, -0.2) is 0 Å². The van der Waals surface area contributed by atoms with E-state index in [9.17, 15) is 0 Å². The highest BCUT2D eigenvalue weighted by molar-refractivity contribution is 4.83. The first kappa shape index (κ1) is 9.54. The van der Waals surface area contributed by atoms with Crippen molar-refractivity contribution in [2.45, 2.75) is 45.1 Å². The first-order valence-corrected chi connectivity index (χ1v) is 4.98. The molecule has 2 atom stereocenters. The molecule has 1 N–H and O–H groups in total. The summed E-state index contributed by atoms with van der Waals surface area (Å²) in [6.07, 6.45) is 5.98. The van der Waals surface area contributed by atoms with Gasteiger partial charge in [-0.05, 0) is 18.8 Å². The predicted octanol–water partition coefficient (Wildman–Crippen LogP) is 2.07. The molecule has 1 rings (SSSR count). The third-order valence-electron chi connectivity index (χ3n) is 2.83. The van der Waals surface area contributed by atoms with Gasteiger partial charge in [-0.3, -0.25) is 0 Å². The summed E-state index contributed by atoms with van der Waals surface area (Å²) in [5, 5.41) is 11.8. The molecule has 0 radical (unpaired) electrons. The fourth-order valence-corrected chi connectivity index (χ4v) is 2.11. The van der Waals surface area contributed by atoms with Crippen LogP contribution in [0.25, 0.3) is 0 Å². The Bertz CT molecular complexity index is 160. The quantitative estimate of drug-likeness (QED) is 0.649. The van der Waals surface area contributed by atoms with Crippen LogP contribution < -0.4 is 5.32 Å². The van der Waals surface area contributed by atoms with Crippen molar-refractivity contribution in [2.24, 2.45) is 5.92 Å². The van der Waals surface area contributed by atoms with Crippen molar-refractivity contribution in [3.63, 3.8) is 0 Å². The SMILES string of the molecule is CCC1CCCC1NCCC#N. The van der Waals surface area contributed by atoms with Crippen molar-refractivity contribution in [3.05, 3.63) is 0 Å². The van der Waals surface area contributed by atoms with Crippen molar-refractivity contribution < 1.29 is 0 Å². The average molecular weight is 166 g/mol. The molecule has 0 aliphatic heterocycles. The van der Waals surface area contributed by atoms with Gasteiger partial charge in [0.15, 0.2) is 0 Å². The van der Waals surface area contributed by atoms with Gasteiger partial charge >= 0.3 is 0 Å². The summed E-state index contributed by atoms with van der Waals surface area (Å²) in [5.41, 5.74) is 0. The van der Waals surface area contributed by atoms with Crippen LogP contribution in [0.2, 0.25) is 0 Å². The third-order valence-corrected chi connectivity index (χ3v) is 2.83. The Balaban J connectivity index is 2.18. The average Bonchev–Trinajstić information content (AvgIpc) is 2.52. The Labute approximate surface area is 75.0 Å². The van der Waals surface area contributed by atoms with Crippen molar-refractivity contribution in [3.8, 4) is 6.07 Å². The molecule has 1 saturated carbocycles. The molecule has 1 fully saturated rings. The number of hydrogen-bond donors (Lipinski definition) is 1. The van der Waals surface area contributed by atoms with Crippen LogP contribution in [0.15, 0.2) is 0 Å². The molecule has 2 nitrogen and oxygen atoms in total. The second-order valence-electron chi connectivity index (χ2n) is 3.57. The van der Waals surface area contributed by atoms with Gasteiger partial charge in [0.2, 0.25) is 0 Å². The van der Waals surface area contributed by atoms with Crippen LogP contribution in [0.1, 0.15) is 39.0 Å². The Morgan fingerprint density at radius 2 is 2.33 bits per heavy atom. The zero-order chi connectivity index (χ0) is 8.81. The van der Waals surface area contributed by atoms with Gasteiger partial charge in [0.1, 0.15) is 0 Å². The van der Waals surface area contributed by atoms with Crippen molar-refractivity contribution in [2.75, 3.05) is 6.54 Å². The Morgan fingerprint density at radius 3 is 3.00 bits per heavy atom. The fraction of sp³-hybridized carbons (Fsp3) is 0.900. The summed E-state index contributed by atoms with van der Waals surface area (Å²) < 4.78 is 0. The summed E-state index contributed by atoms with van der Waals surface area (Å²) >= 11 is 0. The van der Waals surface area contributed by atoms with E-state index in [0.29, 0.717) is 12.5 Å². The van der Waals surface area contributed by atoms with E-state index in [-0.39, 0.29) is 0 Å². The maximum atomic E-state index is 8.37. The van der Waals surface area contributed by atoms with E-state index in [2.05, 4.69) is 18.3 Å². The summed E-state index contributed by atoms with van der Waals surface area (Å²) in [7, 11) is 0. The van der Waals surface area contributed by atoms with Gasteiger partial charge in [0.25, 0.3) is 0 Å². The van der Waals surface area contributed by atoms with Crippen molar-refractivity contribution >= 4 is 0 Å². The summed E-state index contributed by atoms with van der Waals surface area (Å²) in [6, 6.07) is 2.86. The lowest BCUT2D eigenvalue weighted by Gasteiger charge is -2.18. The van der Waals surface area contributed by atoms with E-state index >= 15 is 0 Å². The van der Waals surface area contributed by atoms with Crippen LogP contribution >= 0.6 is 0 Å². The first-order valence-electron chi connectivity index (χ1n) is 4.98. The minimum Gasteiger partial charge on any atom is -0.313 e. The second kappa shape index (κ2) is 5.16. The molecule has 12 heavy (non-hydrogen) atoms. The Hall–Kier alpha value is -0.550. The van der Waals surface area contributed by atoms with Crippen molar-refractivity contribution in [1.29, 1.82) is 5.26 Å². The van der Waals surface area contributed by atoms with Crippen LogP contribution in [0.4, 0.5) is 0 Å². The summed E-state index contributed by atoms with van der Waals surface area (Å²) in [5.74, 6) is 0.865. The number of hydrogen-bond acceptors (Lipinski definition) is 2. The topological polar surface area (TPSA) is 35.8 Å². The zero-order valence-electron chi connectivity index (χ0n) is 7.84. The van der Waals surface area contributed by atoms with E-state index in [1.807, 2.05) is 0 Å². The Morgan fingerprint density at radius 1 is 1.50 bits per heavy atom. The van der Waals surface area contributed by atoms with E-state index in [1.165, 1.54) is 25.7 Å². The molecule has 0 heterocycles. The maximum Gasteiger partial charge on any atom is 0.0635 e. The lowest BCUT2D eigenvalue weighted by atomic mass is 10.0. The highest BCUT2D eigenvalue weighted by Gasteiger charge is 2.24. The van der Waals surface area contributed by atoms with Crippen LogP contribution in [-0.4, -0.2) is 12.6 Å². The minimum atomic E-state index is 0.646. The molecule has 0 aromatic heterocycles. The van der Waals surface area contributed by atoms with Crippen LogP contribution in [0.3, 0.4) is 0 Å². The first-order chi connectivity index (χ1) is 5.88. The third kappa shape index (κ3) is 2.49. The number of nitrogens with one attached hydrogen (secondary N) is 1. The van der Waals surface area contributed by atoms with E-state index < -0.39 is 0 Å². The summed E-state index contributed by atoms with van der Waals surface area (Å²) in [6.45, 7) is 3.13. The summed E-state index contributed by atoms with van der Waals surface area (Å²) in [4.78, 5) is 0. The van der Waals surface area contributed by atoms with Gasteiger partial charge in [-0.2, -0.15) is 5.26 Å². The lowest BCUT2D eigenvalue weighted by molar-refractivity contribution is 0.394. The van der Waals surface area contributed by atoms with Crippen LogP contribution in [0, 0.1) is 17.2 Å².